The van der Waals surface area contributed by atoms with Crippen LogP contribution < -0.4 is 5.32 Å². The Bertz CT molecular complexity index is 571. The molecule has 4 heteroatoms. The number of benzene rings is 1. The van der Waals surface area contributed by atoms with Gasteiger partial charge in [0.05, 0.1) is 6.33 Å². The van der Waals surface area contributed by atoms with Crippen molar-refractivity contribution in [2.75, 3.05) is 13.1 Å². The highest BCUT2D eigenvalue weighted by atomic mass is 19.1. The molecule has 0 aliphatic carbocycles. The molecule has 1 aromatic heterocycles. The minimum Gasteiger partial charge on any atom is -0.317 e. The Hall–Kier alpha value is -1.68. The van der Waals surface area contributed by atoms with Crippen LogP contribution >= 0.6 is 0 Å². The third kappa shape index (κ3) is 2.40. The fourth-order valence-electron chi connectivity index (χ4n) is 2.67. The molecule has 1 aliphatic rings. The first-order valence-electron chi connectivity index (χ1n) is 6.75. The summed E-state index contributed by atoms with van der Waals surface area (Å²) in [6, 6.07) is 5.35. The predicted molar refractivity (Wildman–Crippen MR) is 73.1 cm³/mol. The van der Waals surface area contributed by atoms with Crippen molar-refractivity contribution in [2.24, 2.45) is 0 Å². The molecule has 0 bridgehead atoms. The fourth-order valence-corrected chi connectivity index (χ4v) is 2.67. The minimum absolute atomic E-state index is 0.164. The van der Waals surface area contributed by atoms with Gasteiger partial charge in [-0.25, -0.2) is 9.37 Å². The maximum Gasteiger partial charge on any atom is 0.128 e. The summed E-state index contributed by atoms with van der Waals surface area (Å²) < 4.78 is 15.7. The normalized spacial score (nSPS) is 16.7. The van der Waals surface area contributed by atoms with Crippen LogP contribution in [-0.4, -0.2) is 22.6 Å². The van der Waals surface area contributed by atoms with Gasteiger partial charge in [0.2, 0.25) is 0 Å². The maximum absolute atomic E-state index is 13.7. The van der Waals surface area contributed by atoms with Gasteiger partial charge in [-0.15, -0.1) is 0 Å². The Kier molecular flexibility index (Phi) is 3.34. The monoisotopic (exact) mass is 259 g/mol. The summed E-state index contributed by atoms with van der Waals surface area (Å²) in [5, 5.41) is 3.36. The minimum atomic E-state index is -0.164. The number of halogens is 1. The van der Waals surface area contributed by atoms with Crippen LogP contribution in [-0.2, 0) is 0 Å². The second-order valence-electron chi connectivity index (χ2n) is 5.15. The zero-order valence-corrected chi connectivity index (χ0v) is 11.1. The molecule has 3 rings (SSSR count). The Morgan fingerprint density at radius 1 is 1.32 bits per heavy atom. The molecule has 1 saturated heterocycles. The molecular formula is C15H18FN3. The second-order valence-corrected chi connectivity index (χ2v) is 5.15. The number of hydrogen-bond acceptors (Lipinski definition) is 2. The Morgan fingerprint density at radius 2 is 2.11 bits per heavy atom. The van der Waals surface area contributed by atoms with Crippen LogP contribution in [0.15, 0.2) is 30.7 Å². The Balaban J connectivity index is 1.96. The van der Waals surface area contributed by atoms with Crippen LogP contribution in [0.5, 0.6) is 0 Å². The number of aryl methyl sites for hydroxylation is 1. The van der Waals surface area contributed by atoms with Gasteiger partial charge in [0, 0.05) is 23.5 Å². The highest BCUT2D eigenvalue weighted by Crippen LogP contribution is 2.27. The molecule has 3 nitrogen and oxygen atoms in total. The standard InChI is InChI=1S/C15H18FN3/c1-11-2-3-13(8-14(11)16)19-10-18-9-15(19)12-4-6-17-7-5-12/h2-3,8-10,12,17H,4-7H2,1H3. The van der Waals surface area contributed by atoms with Gasteiger partial charge in [0.15, 0.2) is 0 Å². The van der Waals surface area contributed by atoms with Gasteiger partial charge >= 0.3 is 0 Å². The van der Waals surface area contributed by atoms with Crippen LogP contribution in [0.4, 0.5) is 4.39 Å². The number of piperidine rings is 1. The van der Waals surface area contributed by atoms with E-state index in [4.69, 9.17) is 0 Å². The third-order valence-corrected chi connectivity index (χ3v) is 3.86. The lowest BCUT2D eigenvalue weighted by atomic mass is 9.95. The summed E-state index contributed by atoms with van der Waals surface area (Å²) in [5.41, 5.74) is 2.71. The molecule has 100 valence electrons. The van der Waals surface area contributed by atoms with Crippen LogP contribution in [0.1, 0.15) is 30.0 Å². The molecule has 1 aliphatic heterocycles. The molecule has 1 aromatic carbocycles. The molecule has 2 heterocycles. The molecule has 0 amide bonds. The van der Waals surface area contributed by atoms with Gasteiger partial charge in [-0.3, -0.25) is 0 Å². The van der Waals surface area contributed by atoms with E-state index in [1.165, 1.54) is 5.69 Å². The molecule has 2 aromatic rings. The molecular weight excluding hydrogens is 241 g/mol. The Morgan fingerprint density at radius 3 is 2.84 bits per heavy atom. The number of imidazole rings is 1. The zero-order chi connectivity index (χ0) is 13.2. The lowest BCUT2D eigenvalue weighted by molar-refractivity contribution is 0.449. The number of aromatic nitrogens is 2. The van der Waals surface area contributed by atoms with E-state index in [2.05, 4.69) is 10.3 Å². The SMILES string of the molecule is Cc1ccc(-n2cncc2C2CCNCC2)cc1F. The number of rotatable bonds is 2. The van der Waals surface area contributed by atoms with E-state index in [0.717, 1.165) is 31.6 Å². The lowest BCUT2D eigenvalue weighted by Crippen LogP contribution is -2.27. The van der Waals surface area contributed by atoms with Crippen molar-refractivity contribution in [3.05, 3.63) is 47.8 Å². The van der Waals surface area contributed by atoms with Gasteiger partial charge < -0.3 is 9.88 Å². The summed E-state index contributed by atoms with van der Waals surface area (Å²) >= 11 is 0. The van der Waals surface area contributed by atoms with Crippen molar-refractivity contribution in [1.29, 1.82) is 0 Å². The molecule has 0 saturated carbocycles. The highest BCUT2D eigenvalue weighted by molar-refractivity contribution is 5.37. The maximum atomic E-state index is 13.7. The lowest BCUT2D eigenvalue weighted by Gasteiger charge is -2.23. The molecule has 19 heavy (non-hydrogen) atoms. The van der Waals surface area contributed by atoms with Gasteiger partial charge in [-0.2, -0.15) is 0 Å². The van der Waals surface area contributed by atoms with Crippen molar-refractivity contribution in [2.45, 2.75) is 25.7 Å². The zero-order valence-electron chi connectivity index (χ0n) is 11.1. The summed E-state index contributed by atoms with van der Waals surface area (Å²) in [4.78, 5) is 4.25. The quantitative estimate of drug-likeness (QED) is 0.898. The van der Waals surface area contributed by atoms with Crippen molar-refractivity contribution in [3.8, 4) is 5.69 Å². The van der Waals surface area contributed by atoms with E-state index in [9.17, 15) is 4.39 Å². The van der Waals surface area contributed by atoms with Gasteiger partial charge in [0.1, 0.15) is 5.82 Å². The summed E-state index contributed by atoms with van der Waals surface area (Å²) in [5.74, 6) is 0.343. The van der Waals surface area contributed by atoms with E-state index < -0.39 is 0 Å². The van der Waals surface area contributed by atoms with Crippen molar-refractivity contribution >= 4 is 0 Å². The second kappa shape index (κ2) is 5.13. The predicted octanol–water partition coefficient (Wildman–Crippen LogP) is 2.79. The van der Waals surface area contributed by atoms with Crippen molar-refractivity contribution in [1.82, 2.24) is 14.9 Å². The molecule has 1 fully saturated rings. The highest BCUT2D eigenvalue weighted by Gasteiger charge is 2.19. The average Bonchev–Trinajstić information content (AvgIpc) is 2.92. The fraction of sp³-hybridized carbons (Fsp3) is 0.400. The van der Waals surface area contributed by atoms with E-state index in [1.807, 2.05) is 22.9 Å². The Labute approximate surface area is 112 Å². The number of nitrogens with zero attached hydrogens (tertiary/aromatic N) is 2. The molecule has 0 atom stereocenters. The van der Waals surface area contributed by atoms with Gasteiger partial charge in [-0.05, 0) is 50.6 Å². The van der Waals surface area contributed by atoms with Crippen molar-refractivity contribution in [3.63, 3.8) is 0 Å². The first kappa shape index (κ1) is 12.4. The molecule has 0 spiro atoms. The molecule has 0 unspecified atom stereocenters. The van der Waals surface area contributed by atoms with Gasteiger partial charge in [0.25, 0.3) is 0 Å². The first-order valence-corrected chi connectivity index (χ1v) is 6.75. The molecule has 0 radical (unpaired) electrons. The van der Waals surface area contributed by atoms with Gasteiger partial charge in [-0.1, -0.05) is 6.07 Å². The van der Waals surface area contributed by atoms with E-state index in [1.54, 1.807) is 19.3 Å². The summed E-state index contributed by atoms with van der Waals surface area (Å²) in [7, 11) is 0. The van der Waals surface area contributed by atoms with E-state index in [-0.39, 0.29) is 5.82 Å². The van der Waals surface area contributed by atoms with E-state index in [0.29, 0.717) is 11.5 Å². The van der Waals surface area contributed by atoms with Crippen LogP contribution in [0, 0.1) is 12.7 Å². The van der Waals surface area contributed by atoms with Crippen LogP contribution in [0.25, 0.3) is 5.69 Å². The third-order valence-electron chi connectivity index (χ3n) is 3.86. The van der Waals surface area contributed by atoms with E-state index >= 15 is 0 Å². The smallest absolute Gasteiger partial charge is 0.128 e. The van der Waals surface area contributed by atoms with Crippen LogP contribution in [0.3, 0.4) is 0 Å². The number of nitrogens with one attached hydrogen (secondary N) is 1. The van der Waals surface area contributed by atoms with Crippen LogP contribution in [0.2, 0.25) is 0 Å². The average molecular weight is 259 g/mol. The largest absolute Gasteiger partial charge is 0.317 e. The first-order chi connectivity index (χ1) is 9.25. The summed E-state index contributed by atoms with van der Waals surface area (Å²) in [6.45, 7) is 3.86. The molecule has 1 N–H and O–H groups in total. The topological polar surface area (TPSA) is 29.9 Å². The number of hydrogen-bond donors (Lipinski definition) is 1. The summed E-state index contributed by atoms with van der Waals surface area (Å²) in [6.07, 6.45) is 5.91. The van der Waals surface area contributed by atoms with Crippen molar-refractivity contribution < 1.29 is 4.39 Å².